The van der Waals surface area contributed by atoms with Crippen LogP contribution in [0, 0.1) is 0 Å². The number of rotatable bonds is 7. The summed E-state index contributed by atoms with van der Waals surface area (Å²) in [5, 5.41) is 11.9. The molecular formula is C24H22N4O4S. The van der Waals surface area contributed by atoms with Gasteiger partial charge in [0.05, 0.1) is 11.4 Å². The van der Waals surface area contributed by atoms with Gasteiger partial charge in [0.25, 0.3) is 11.8 Å². The third kappa shape index (κ3) is 5.45. The van der Waals surface area contributed by atoms with Crippen molar-refractivity contribution in [2.24, 2.45) is 0 Å². The lowest BCUT2D eigenvalue weighted by molar-refractivity contribution is -0.116. The molecule has 0 saturated carbocycles. The van der Waals surface area contributed by atoms with Crippen molar-refractivity contribution in [1.29, 1.82) is 0 Å². The average molecular weight is 463 g/mol. The van der Waals surface area contributed by atoms with Crippen LogP contribution in [0.15, 0.2) is 65.4 Å². The van der Waals surface area contributed by atoms with E-state index in [1.54, 1.807) is 53.9 Å². The molecule has 3 N–H and O–H groups in total. The molecule has 0 fully saturated rings. The maximum Gasteiger partial charge on any atom is 0.258 e. The fourth-order valence-corrected chi connectivity index (χ4v) is 4.07. The lowest BCUT2D eigenvalue weighted by atomic mass is 10.1. The number of para-hydroxylation sites is 2. The second-order valence-corrected chi connectivity index (χ2v) is 8.23. The molecule has 1 aliphatic heterocycles. The van der Waals surface area contributed by atoms with Crippen LogP contribution in [0.4, 0.5) is 17.1 Å². The lowest BCUT2D eigenvalue weighted by Gasteiger charge is -2.29. The summed E-state index contributed by atoms with van der Waals surface area (Å²) in [7, 11) is 0. The number of carbonyl (C=O) groups is 4. The predicted molar refractivity (Wildman–Crippen MR) is 128 cm³/mol. The van der Waals surface area contributed by atoms with Gasteiger partial charge in [-0.1, -0.05) is 12.1 Å². The SMILES string of the molecule is O=C(CCCNC(=O)c1ccsc1)Nc1ccc(C(=O)N2CC(=O)Nc3ccccc32)cc1. The molecule has 9 heteroatoms. The fourth-order valence-electron chi connectivity index (χ4n) is 3.44. The van der Waals surface area contributed by atoms with Crippen LogP contribution in [0.3, 0.4) is 0 Å². The highest BCUT2D eigenvalue weighted by molar-refractivity contribution is 7.08. The van der Waals surface area contributed by atoms with Crippen molar-refractivity contribution in [3.8, 4) is 0 Å². The van der Waals surface area contributed by atoms with Gasteiger partial charge in [-0.15, -0.1) is 0 Å². The molecule has 1 aliphatic rings. The molecule has 4 rings (SSSR count). The van der Waals surface area contributed by atoms with E-state index in [1.165, 1.54) is 16.2 Å². The number of hydrogen-bond donors (Lipinski definition) is 3. The minimum absolute atomic E-state index is 0.0583. The highest BCUT2D eigenvalue weighted by Gasteiger charge is 2.27. The highest BCUT2D eigenvalue weighted by Crippen LogP contribution is 2.30. The van der Waals surface area contributed by atoms with Crippen molar-refractivity contribution in [3.05, 3.63) is 76.5 Å². The Kier molecular flexibility index (Phi) is 6.80. The number of hydrogen-bond acceptors (Lipinski definition) is 5. The number of anilines is 3. The van der Waals surface area contributed by atoms with Crippen LogP contribution < -0.4 is 20.9 Å². The summed E-state index contributed by atoms with van der Waals surface area (Å²) in [6.45, 7) is 0.345. The Bertz CT molecular complexity index is 1180. The number of benzene rings is 2. The summed E-state index contributed by atoms with van der Waals surface area (Å²) in [6, 6.07) is 15.4. The summed E-state index contributed by atoms with van der Waals surface area (Å²) in [5.74, 6) is -0.875. The van der Waals surface area contributed by atoms with Gasteiger partial charge >= 0.3 is 0 Å². The van der Waals surface area contributed by atoms with Crippen LogP contribution in [0.5, 0.6) is 0 Å². The number of nitrogens with one attached hydrogen (secondary N) is 3. The van der Waals surface area contributed by atoms with Gasteiger partial charge in [0.2, 0.25) is 11.8 Å². The second-order valence-electron chi connectivity index (χ2n) is 7.45. The van der Waals surface area contributed by atoms with Crippen LogP contribution >= 0.6 is 11.3 Å². The van der Waals surface area contributed by atoms with Crippen molar-refractivity contribution in [1.82, 2.24) is 5.32 Å². The molecule has 33 heavy (non-hydrogen) atoms. The molecule has 8 nitrogen and oxygen atoms in total. The number of fused-ring (bicyclic) bond motifs is 1. The van der Waals surface area contributed by atoms with E-state index in [2.05, 4.69) is 16.0 Å². The molecule has 0 saturated heterocycles. The largest absolute Gasteiger partial charge is 0.352 e. The number of nitrogens with zero attached hydrogens (tertiary/aromatic N) is 1. The molecule has 0 unspecified atom stereocenters. The summed E-state index contributed by atoms with van der Waals surface area (Å²) >= 11 is 1.45. The first-order valence-electron chi connectivity index (χ1n) is 10.4. The molecule has 4 amide bonds. The van der Waals surface area contributed by atoms with E-state index in [4.69, 9.17) is 0 Å². The monoisotopic (exact) mass is 462 g/mol. The smallest absolute Gasteiger partial charge is 0.258 e. The van der Waals surface area contributed by atoms with Crippen molar-refractivity contribution in [2.45, 2.75) is 12.8 Å². The minimum Gasteiger partial charge on any atom is -0.352 e. The standard InChI is InChI=1S/C24H22N4O4S/c29-21(6-3-12-25-23(31)17-11-13-33-15-17)26-18-9-7-16(8-10-18)24(32)28-14-22(30)27-19-4-1-2-5-20(19)28/h1-2,4-5,7-11,13,15H,3,6,12,14H2,(H,25,31)(H,26,29)(H,27,30). The minimum atomic E-state index is -0.295. The molecule has 168 valence electrons. The molecule has 2 heterocycles. The Balaban J connectivity index is 1.28. The van der Waals surface area contributed by atoms with Gasteiger partial charge in [0.1, 0.15) is 6.54 Å². The Morgan fingerprint density at radius 2 is 1.79 bits per heavy atom. The summed E-state index contributed by atoms with van der Waals surface area (Å²) < 4.78 is 0. The molecular weight excluding hydrogens is 440 g/mol. The van der Waals surface area contributed by atoms with Crippen LogP contribution in [0.1, 0.15) is 33.6 Å². The zero-order valence-electron chi connectivity index (χ0n) is 17.7. The molecule has 0 radical (unpaired) electrons. The molecule has 3 aromatic rings. The highest BCUT2D eigenvalue weighted by atomic mass is 32.1. The van der Waals surface area contributed by atoms with Crippen LogP contribution in [-0.2, 0) is 9.59 Å². The van der Waals surface area contributed by atoms with Crippen molar-refractivity contribution < 1.29 is 19.2 Å². The van der Waals surface area contributed by atoms with E-state index in [0.29, 0.717) is 41.2 Å². The third-order valence-electron chi connectivity index (χ3n) is 5.08. The molecule has 0 spiro atoms. The molecule has 2 aromatic carbocycles. The van der Waals surface area contributed by atoms with Gasteiger partial charge in [-0.2, -0.15) is 11.3 Å². The van der Waals surface area contributed by atoms with E-state index in [1.807, 2.05) is 11.4 Å². The molecule has 1 aromatic heterocycles. The normalized spacial score (nSPS) is 12.5. The number of carbonyl (C=O) groups excluding carboxylic acids is 4. The van der Waals surface area contributed by atoms with E-state index in [0.717, 1.165) is 0 Å². The average Bonchev–Trinajstić information content (AvgIpc) is 3.36. The van der Waals surface area contributed by atoms with Gasteiger partial charge in [-0.3, -0.25) is 24.1 Å². The predicted octanol–water partition coefficient (Wildman–Crippen LogP) is 3.50. The first-order chi connectivity index (χ1) is 16.0. The van der Waals surface area contributed by atoms with Crippen molar-refractivity contribution in [2.75, 3.05) is 28.6 Å². The van der Waals surface area contributed by atoms with Crippen LogP contribution in [0.25, 0.3) is 0 Å². The zero-order chi connectivity index (χ0) is 23.2. The van der Waals surface area contributed by atoms with Gasteiger partial charge in [0.15, 0.2) is 0 Å². The van der Waals surface area contributed by atoms with Gasteiger partial charge < -0.3 is 16.0 Å². The molecule has 0 atom stereocenters. The Morgan fingerprint density at radius 1 is 1.00 bits per heavy atom. The maximum atomic E-state index is 13.0. The number of thiophene rings is 1. The maximum absolute atomic E-state index is 13.0. The Morgan fingerprint density at radius 3 is 2.55 bits per heavy atom. The second kappa shape index (κ2) is 10.1. The summed E-state index contributed by atoms with van der Waals surface area (Å²) in [4.78, 5) is 50.4. The van der Waals surface area contributed by atoms with Gasteiger partial charge in [-0.25, -0.2) is 0 Å². The van der Waals surface area contributed by atoms with Crippen LogP contribution in [0.2, 0.25) is 0 Å². The lowest BCUT2D eigenvalue weighted by Crippen LogP contribution is -2.42. The first-order valence-corrected chi connectivity index (χ1v) is 11.4. The van der Waals surface area contributed by atoms with Crippen LogP contribution in [-0.4, -0.2) is 36.7 Å². The van der Waals surface area contributed by atoms with Crippen molar-refractivity contribution in [3.63, 3.8) is 0 Å². The molecule has 0 bridgehead atoms. The van der Waals surface area contributed by atoms with Crippen molar-refractivity contribution >= 4 is 52.0 Å². The van der Waals surface area contributed by atoms with E-state index in [-0.39, 0.29) is 36.6 Å². The quantitative estimate of drug-likeness (QED) is 0.467. The first kappa shape index (κ1) is 22.2. The number of amides is 4. The Hall–Kier alpha value is -3.98. The zero-order valence-corrected chi connectivity index (χ0v) is 18.5. The summed E-state index contributed by atoms with van der Waals surface area (Å²) in [5.41, 5.74) is 2.83. The van der Waals surface area contributed by atoms with Gasteiger partial charge in [-0.05, 0) is 54.3 Å². The summed E-state index contributed by atoms with van der Waals surface area (Å²) in [6.07, 6.45) is 0.763. The van der Waals surface area contributed by atoms with E-state index >= 15 is 0 Å². The van der Waals surface area contributed by atoms with E-state index < -0.39 is 0 Å². The molecule has 0 aliphatic carbocycles. The Labute approximate surface area is 194 Å². The fraction of sp³-hybridized carbons (Fsp3) is 0.167. The third-order valence-corrected chi connectivity index (χ3v) is 5.76. The van der Waals surface area contributed by atoms with E-state index in [9.17, 15) is 19.2 Å². The van der Waals surface area contributed by atoms with Gasteiger partial charge in [0, 0.05) is 35.2 Å². The topological polar surface area (TPSA) is 108 Å².